The van der Waals surface area contributed by atoms with Gasteiger partial charge in [-0.05, 0) is 51.2 Å². The van der Waals surface area contributed by atoms with Gasteiger partial charge in [0, 0.05) is 12.6 Å². The van der Waals surface area contributed by atoms with Crippen molar-refractivity contribution in [2.45, 2.75) is 38.8 Å². The second kappa shape index (κ2) is 4.97. The van der Waals surface area contributed by atoms with Crippen LogP contribution in [0.15, 0.2) is 12.7 Å². The van der Waals surface area contributed by atoms with E-state index in [1.165, 1.54) is 45.4 Å². The van der Waals surface area contributed by atoms with Gasteiger partial charge >= 0.3 is 0 Å². The fourth-order valence-corrected chi connectivity index (χ4v) is 3.42. The highest BCUT2D eigenvalue weighted by Crippen LogP contribution is 2.39. The molecular formula is C13H23N5. The molecule has 2 aliphatic rings. The molecule has 3 heterocycles. The molecule has 100 valence electrons. The van der Waals surface area contributed by atoms with Crippen LogP contribution >= 0.6 is 0 Å². The minimum absolute atomic E-state index is 0.556. The van der Waals surface area contributed by atoms with Crippen LogP contribution in [0.25, 0.3) is 0 Å². The predicted octanol–water partition coefficient (Wildman–Crippen LogP) is 0.742. The fraction of sp³-hybridized carbons (Fsp3) is 0.846. The minimum Gasteiger partial charge on any atom is -0.317 e. The van der Waals surface area contributed by atoms with E-state index >= 15 is 0 Å². The van der Waals surface area contributed by atoms with Gasteiger partial charge in [0.15, 0.2) is 0 Å². The molecule has 2 saturated heterocycles. The lowest BCUT2D eigenvalue weighted by molar-refractivity contribution is 0.164. The molecule has 18 heavy (non-hydrogen) atoms. The van der Waals surface area contributed by atoms with Crippen LogP contribution in [0.5, 0.6) is 0 Å². The molecule has 1 N–H and O–H groups in total. The van der Waals surface area contributed by atoms with Crippen molar-refractivity contribution in [2.24, 2.45) is 5.41 Å². The Bertz CT molecular complexity index is 369. The lowest BCUT2D eigenvalue weighted by atomic mass is 9.78. The SMILES string of the molecule is C[C@@H](Cn1cncn1)N1CCC2(CCNCC2)C1. The summed E-state index contributed by atoms with van der Waals surface area (Å²) in [6, 6.07) is 0.556. The molecule has 0 aliphatic carbocycles. The van der Waals surface area contributed by atoms with E-state index in [1.807, 2.05) is 11.0 Å². The Kier molecular flexibility index (Phi) is 3.35. The zero-order chi connectivity index (χ0) is 12.4. The van der Waals surface area contributed by atoms with E-state index in [0.29, 0.717) is 11.5 Å². The van der Waals surface area contributed by atoms with Crippen LogP contribution in [0.3, 0.4) is 0 Å². The maximum absolute atomic E-state index is 4.20. The largest absolute Gasteiger partial charge is 0.317 e. The summed E-state index contributed by atoms with van der Waals surface area (Å²) in [5.41, 5.74) is 0.599. The molecule has 2 aliphatic heterocycles. The number of rotatable bonds is 3. The van der Waals surface area contributed by atoms with E-state index in [2.05, 4.69) is 27.2 Å². The number of nitrogens with zero attached hydrogens (tertiary/aromatic N) is 4. The zero-order valence-electron chi connectivity index (χ0n) is 11.2. The second-order valence-electron chi connectivity index (χ2n) is 5.94. The number of nitrogens with one attached hydrogen (secondary N) is 1. The first-order valence-electron chi connectivity index (χ1n) is 7.05. The van der Waals surface area contributed by atoms with Gasteiger partial charge in [0.1, 0.15) is 12.7 Å². The summed E-state index contributed by atoms with van der Waals surface area (Å²) in [5.74, 6) is 0. The molecule has 0 amide bonds. The molecule has 2 fully saturated rings. The van der Waals surface area contributed by atoms with E-state index in [-0.39, 0.29) is 0 Å². The van der Waals surface area contributed by atoms with E-state index in [9.17, 15) is 0 Å². The maximum Gasteiger partial charge on any atom is 0.137 e. The smallest absolute Gasteiger partial charge is 0.137 e. The number of aromatic nitrogens is 3. The van der Waals surface area contributed by atoms with E-state index in [1.54, 1.807) is 6.33 Å². The highest BCUT2D eigenvalue weighted by atomic mass is 15.3. The molecule has 5 heteroatoms. The first-order chi connectivity index (χ1) is 8.77. The normalized spacial score (nSPS) is 25.6. The Morgan fingerprint density at radius 1 is 1.33 bits per heavy atom. The van der Waals surface area contributed by atoms with E-state index in [0.717, 1.165) is 6.54 Å². The van der Waals surface area contributed by atoms with Gasteiger partial charge in [-0.15, -0.1) is 0 Å². The minimum atomic E-state index is 0.556. The van der Waals surface area contributed by atoms with Crippen molar-refractivity contribution in [1.29, 1.82) is 0 Å². The van der Waals surface area contributed by atoms with Crippen LogP contribution in [0.4, 0.5) is 0 Å². The number of hydrogen-bond donors (Lipinski definition) is 1. The zero-order valence-corrected chi connectivity index (χ0v) is 11.2. The van der Waals surface area contributed by atoms with Crippen LogP contribution in [-0.4, -0.2) is 51.9 Å². The Labute approximate surface area is 109 Å². The third kappa shape index (κ3) is 2.42. The Morgan fingerprint density at radius 3 is 2.89 bits per heavy atom. The first-order valence-corrected chi connectivity index (χ1v) is 7.05. The highest BCUT2D eigenvalue weighted by Gasteiger charge is 2.40. The Balaban J connectivity index is 1.57. The van der Waals surface area contributed by atoms with Gasteiger partial charge in [-0.25, -0.2) is 4.98 Å². The van der Waals surface area contributed by atoms with Gasteiger partial charge < -0.3 is 5.32 Å². The monoisotopic (exact) mass is 249 g/mol. The predicted molar refractivity (Wildman–Crippen MR) is 70.2 cm³/mol. The molecule has 0 bridgehead atoms. The molecule has 1 spiro atoms. The fourth-order valence-electron chi connectivity index (χ4n) is 3.42. The summed E-state index contributed by atoms with van der Waals surface area (Å²) >= 11 is 0. The Morgan fingerprint density at radius 2 is 2.17 bits per heavy atom. The van der Waals surface area contributed by atoms with Gasteiger partial charge in [0.2, 0.25) is 0 Å². The van der Waals surface area contributed by atoms with Crippen molar-refractivity contribution in [2.75, 3.05) is 26.2 Å². The summed E-state index contributed by atoms with van der Waals surface area (Å²) in [6.07, 6.45) is 7.49. The molecule has 5 nitrogen and oxygen atoms in total. The third-order valence-electron chi connectivity index (χ3n) is 4.67. The summed E-state index contributed by atoms with van der Waals surface area (Å²) in [5, 5.41) is 7.68. The lowest BCUT2D eigenvalue weighted by Gasteiger charge is -2.35. The maximum atomic E-state index is 4.20. The molecule has 0 radical (unpaired) electrons. The molecule has 1 aromatic rings. The quantitative estimate of drug-likeness (QED) is 0.858. The topological polar surface area (TPSA) is 46.0 Å². The number of hydrogen-bond acceptors (Lipinski definition) is 4. The van der Waals surface area contributed by atoms with E-state index < -0.39 is 0 Å². The van der Waals surface area contributed by atoms with Crippen LogP contribution in [0.1, 0.15) is 26.2 Å². The summed E-state index contributed by atoms with van der Waals surface area (Å²) in [4.78, 5) is 6.64. The summed E-state index contributed by atoms with van der Waals surface area (Å²) in [6.45, 7) is 8.17. The molecule has 0 aromatic carbocycles. The molecule has 0 saturated carbocycles. The van der Waals surface area contributed by atoms with Gasteiger partial charge in [-0.2, -0.15) is 5.10 Å². The Hall–Kier alpha value is -0.940. The summed E-state index contributed by atoms with van der Waals surface area (Å²) < 4.78 is 1.94. The third-order valence-corrected chi connectivity index (χ3v) is 4.67. The highest BCUT2D eigenvalue weighted by molar-refractivity contribution is 4.94. The van der Waals surface area contributed by atoms with Gasteiger partial charge in [0.05, 0.1) is 6.54 Å². The average Bonchev–Trinajstić information content (AvgIpc) is 3.01. The van der Waals surface area contributed by atoms with E-state index in [4.69, 9.17) is 0 Å². The molecule has 3 rings (SSSR count). The van der Waals surface area contributed by atoms with Crippen molar-refractivity contribution < 1.29 is 0 Å². The van der Waals surface area contributed by atoms with Crippen molar-refractivity contribution in [3.63, 3.8) is 0 Å². The molecule has 1 atom stereocenters. The van der Waals surface area contributed by atoms with Crippen LogP contribution in [0, 0.1) is 5.41 Å². The average molecular weight is 249 g/mol. The second-order valence-corrected chi connectivity index (χ2v) is 5.94. The molecular weight excluding hydrogens is 226 g/mol. The number of piperidine rings is 1. The van der Waals surface area contributed by atoms with Gasteiger partial charge in [0.25, 0.3) is 0 Å². The van der Waals surface area contributed by atoms with Gasteiger partial charge in [-0.3, -0.25) is 9.58 Å². The standard InChI is InChI=1S/C13H23N5/c1-12(8-18-11-15-10-16-18)17-7-4-13(9-17)2-5-14-6-3-13/h10-12,14H,2-9H2,1H3/t12-/m0/s1. The first kappa shape index (κ1) is 12.1. The van der Waals surface area contributed by atoms with Crippen molar-refractivity contribution in [1.82, 2.24) is 25.0 Å². The van der Waals surface area contributed by atoms with Crippen LogP contribution < -0.4 is 5.32 Å². The van der Waals surface area contributed by atoms with Gasteiger partial charge in [-0.1, -0.05) is 0 Å². The van der Waals surface area contributed by atoms with Crippen molar-refractivity contribution in [3.05, 3.63) is 12.7 Å². The summed E-state index contributed by atoms with van der Waals surface area (Å²) in [7, 11) is 0. The van der Waals surface area contributed by atoms with Crippen molar-refractivity contribution >= 4 is 0 Å². The molecule has 0 unspecified atom stereocenters. The van der Waals surface area contributed by atoms with Crippen LogP contribution in [0.2, 0.25) is 0 Å². The molecule has 1 aromatic heterocycles. The van der Waals surface area contributed by atoms with Crippen molar-refractivity contribution in [3.8, 4) is 0 Å². The number of likely N-dealkylation sites (tertiary alicyclic amines) is 1. The van der Waals surface area contributed by atoms with Crippen LogP contribution in [-0.2, 0) is 6.54 Å². The lowest BCUT2D eigenvalue weighted by Crippen LogP contribution is -2.41.